The molecule has 3 aromatic rings. The molecule has 12 heteroatoms. The molecule has 39 heavy (non-hydrogen) atoms. The first kappa shape index (κ1) is 28.1. The number of non-ortho nitro benzene ring substituents is 1. The Morgan fingerprint density at radius 3 is 2.59 bits per heavy atom. The number of anilines is 1. The highest BCUT2D eigenvalue weighted by atomic mass is 127. The number of benzene rings is 3. The second-order valence-corrected chi connectivity index (χ2v) is 10.6. The molecule has 1 heterocycles. The molecule has 4 rings (SSSR count). The van der Waals surface area contributed by atoms with Gasteiger partial charge in [0.1, 0.15) is 0 Å². The van der Waals surface area contributed by atoms with Crippen LogP contribution in [0.15, 0.2) is 65.6 Å². The van der Waals surface area contributed by atoms with Crippen molar-refractivity contribution in [3.05, 3.63) is 95.9 Å². The predicted octanol–water partition coefficient (Wildman–Crippen LogP) is 5.77. The minimum Gasteiger partial charge on any atom is -0.493 e. The number of nitrogens with one attached hydrogen (secondary N) is 1. The first-order chi connectivity index (χ1) is 18.6. The van der Waals surface area contributed by atoms with E-state index in [1.54, 1.807) is 36.4 Å². The summed E-state index contributed by atoms with van der Waals surface area (Å²) in [5.41, 5.74) is 2.68. The molecule has 0 radical (unpaired) electrons. The van der Waals surface area contributed by atoms with Crippen molar-refractivity contribution in [2.24, 2.45) is 0 Å². The summed E-state index contributed by atoms with van der Waals surface area (Å²) in [6.07, 6.45) is 1.57. The molecule has 3 amide bonds. The molecule has 0 aliphatic carbocycles. The van der Waals surface area contributed by atoms with Crippen LogP contribution in [-0.4, -0.2) is 40.6 Å². The van der Waals surface area contributed by atoms with E-state index >= 15 is 0 Å². The fraction of sp³-hybridized carbons (Fsp3) is 0.148. The molecular weight excluding hydrogens is 637 g/mol. The number of hydrogen-bond donors (Lipinski definition) is 1. The molecule has 0 spiro atoms. The average Bonchev–Trinajstić information content (AvgIpc) is 3.16. The van der Waals surface area contributed by atoms with Gasteiger partial charge in [-0.3, -0.25) is 29.4 Å². The summed E-state index contributed by atoms with van der Waals surface area (Å²) in [6, 6.07) is 16.6. The SMILES string of the molecule is COc1cc(/C=C2/SC(=O)N(Cc3cccc([N+](=O)[O-])c3)C2=O)cc(I)c1OCC(=O)Nc1ccc(C)cc1. The van der Waals surface area contributed by atoms with Crippen molar-refractivity contribution in [3.63, 3.8) is 0 Å². The second kappa shape index (κ2) is 12.3. The Bertz CT molecular complexity index is 1490. The van der Waals surface area contributed by atoms with Gasteiger partial charge in [0.2, 0.25) is 0 Å². The number of aryl methyl sites for hydroxylation is 1. The van der Waals surface area contributed by atoms with Crippen molar-refractivity contribution < 1.29 is 28.8 Å². The molecule has 3 aromatic carbocycles. The second-order valence-electron chi connectivity index (χ2n) is 8.43. The van der Waals surface area contributed by atoms with Gasteiger partial charge in [-0.05, 0) is 82.7 Å². The number of hydrogen-bond acceptors (Lipinski definition) is 8. The number of amides is 3. The van der Waals surface area contributed by atoms with Crippen molar-refractivity contribution >= 4 is 68.9 Å². The van der Waals surface area contributed by atoms with E-state index in [1.165, 1.54) is 25.3 Å². The van der Waals surface area contributed by atoms with Gasteiger partial charge in [0.05, 0.1) is 27.1 Å². The lowest BCUT2D eigenvalue weighted by Gasteiger charge is -2.14. The van der Waals surface area contributed by atoms with Crippen LogP contribution in [0.2, 0.25) is 0 Å². The van der Waals surface area contributed by atoms with Crippen molar-refractivity contribution in [2.75, 3.05) is 19.0 Å². The normalized spacial score (nSPS) is 14.0. The molecular formula is C27H22IN3O7S. The zero-order valence-electron chi connectivity index (χ0n) is 20.8. The highest BCUT2D eigenvalue weighted by Crippen LogP contribution is 2.38. The van der Waals surface area contributed by atoms with Gasteiger partial charge in [0.15, 0.2) is 18.1 Å². The Balaban J connectivity index is 1.46. The molecule has 1 N–H and O–H groups in total. The summed E-state index contributed by atoms with van der Waals surface area (Å²) >= 11 is 2.83. The first-order valence-electron chi connectivity index (χ1n) is 11.5. The molecule has 0 saturated carbocycles. The van der Waals surface area contributed by atoms with Gasteiger partial charge in [-0.25, -0.2) is 0 Å². The maximum absolute atomic E-state index is 13.0. The standard InChI is InChI=1S/C27H22IN3O7S/c1-16-6-8-19(9-7-16)29-24(32)15-38-25-21(28)11-18(12-22(25)37-2)13-23-26(33)30(27(34)39-23)14-17-4-3-5-20(10-17)31(35)36/h3-13H,14-15H2,1-2H3,(H,29,32)/b23-13+. The summed E-state index contributed by atoms with van der Waals surface area (Å²) in [6.45, 7) is 1.64. The van der Waals surface area contributed by atoms with E-state index < -0.39 is 16.1 Å². The molecule has 1 aliphatic rings. The van der Waals surface area contributed by atoms with Gasteiger partial charge in [-0.15, -0.1) is 0 Å². The number of thioether (sulfide) groups is 1. The van der Waals surface area contributed by atoms with E-state index in [9.17, 15) is 24.5 Å². The van der Waals surface area contributed by atoms with Crippen LogP contribution in [0.1, 0.15) is 16.7 Å². The van der Waals surface area contributed by atoms with Crippen LogP contribution in [0, 0.1) is 20.6 Å². The zero-order chi connectivity index (χ0) is 28.1. The van der Waals surface area contributed by atoms with Crippen LogP contribution in [0.4, 0.5) is 16.2 Å². The third-order valence-corrected chi connectivity index (χ3v) is 7.28. The number of methoxy groups -OCH3 is 1. The van der Waals surface area contributed by atoms with Crippen molar-refractivity contribution in [3.8, 4) is 11.5 Å². The molecule has 1 fully saturated rings. The highest BCUT2D eigenvalue weighted by molar-refractivity contribution is 14.1. The lowest BCUT2D eigenvalue weighted by Crippen LogP contribution is -2.27. The Morgan fingerprint density at radius 1 is 1.15 bits per heavy atom. The average molecular weight is 659 g/mol. The molecule has 0 unspecified atom stereocenters. The number of nitro groups is 1. The molecule has 1 saturated heterocycles. The number of carbonyl (C=O) groups is 3. The van der Waals surface area contributed by atoms with E-state index in [2.05, 4.69) is 5.32 Å². The Morgan fingerprint density at radius 2 is 1.90 bits per heavy atom. The monoisotopic (exact) mass is 659 g/mol. The molecule has 10 nitrogen and oxygen atoms in total. The topological polar surface area (TPSA) is 128 Å². The number of halogens is 1. The van der Waals surface area contributed by atoms with Gasteiger partial charge in [-0.1, -0.05) is 29.8 Å². The van der Waals surface area contributed by atoms with Crippen molar-refractivity contribution in [1.82, 2.24) is 4.90 Å². The minimum atomic E-state index is -0.532. The van der Waals surface area contributed by atoms with Gasteiger partial charge < -0.3 is 14.8 Å². The van der Waals surface area contributed by atoms with E-state index in [4.69, 9.17) is 9.47 Å². The van der Waals surface area contributed by atoms with Crippen LogP contribution in [0.5, 0.6) is 11.5 Å². The van der Waals surface area contributed by atoms with Crippen LogP contribution < -0.4 is 14.8 Å². The highest BCUT2D eigenvalue weighted by Gasteiger charge is 2.35. The molecule has 0 aromatic heterocycles. The number of nitrogens with zero attached hydrogens (tertiary/aromatic N) is 2. The van der Waals surface area contributed by atoms with Crippen LogP contribution in [0.25, 0.3) is 6.08 Å². The summed E-state index contributed by atoms with van der Waals surface area (Å²) in [4.78, 5) is 49.7. The Hall–Kier alpha value is -3.91. The molecule has 0 bridgehead atoms. The fourth-order valence-electron chi connectivity index (χ4n) is 3.67. The Kier molecular flexibility index (Phi) is 8.86. The first-order valence-corrected chi connectivity index (χ1v) is 13.4. The number of carbonyl (C=O) groups excluding carboxylic acids is 3. The quantitative estimate of drug-likeness (QED) is 0.133. The fourth-order valence-corrected chi connectivity index (χ4v) is 5.29. The van der Waals surface area contributed by atoms with Crippen molar-refractivity contribution in [1.29, 1.82) is 0 Å². The van der Waals surface area contributed by atoms with E-state index in [1.807, 2.05) is 41.6 Å². The number of nitro benzene ring substituents is 1. The van der Waals surface area contributed by atoms with Crippen LogP contribution >= 0.6 is 34.4 Å². The lowest BCUT2D eigenvalue weighted by atomic mass is 10.1. The van der Waals surface area contributed by atoms with Crippen molar-refractivity contribution in [2.45, 2.75) is 13.5 Å². The molecule has 1 aliphatic heterocycles. The minimum absolute atomic E-state index is 0.0814. The smallest absolute Gasteiger partial charge is 0.293 e. The Labute approximate surface area is 241 Å². The summed E-state index contributed by atoms with van der Waals surface area (Å²) < 4.78 is 11.8. The van der Waals surface area contributed by atoms with Gasteiger partial charge >= 0.3 is 0 Å². The third-order valence-electron chi connectivity index (χ3n) is 5.57. The maximum atomic E-state index is 13.0. The molecule has 200 valence electrons. The molecule has 0 atom stereocenters. The summed E-state index contributed by atoms with van der Waals surface area (Å²) in [5, 5.41) is 13.3. The van der Waals surface area contributed by atoms with Gasteiger partial charge in [0, 0.05) is 17.8 Å². The predicted molar refractivity (Wildman–Crippen MR) is 156 cm³/mol. The van der Waals surface area contributed by atoms with Crippen LogP contribution in [-0.2, 0) is 16.1 Å². The zero-order valence-corrected chi connectivity index (χ0v) is 23.8. The number of imide groups is 1. The largest absolute Gasteiger partial charge is 0.493 e. The van der Waals surface area contributed by atoms with Crippen LogP contribution in [0.3, 0.4) is 0 Å². The van der Waals surface area contributed by atoms with Gasteiger partial charge in [-0.2, -0.15) is 0 Å². The van der Waals surface area contributed by atoms with E-state index in [0.29, 0.717) is 31.9 Å². The van der Waals surface area contributed by atoms with E-state index in [-0.39, 0.29) is 29.7 Å². The summed E-state index contributed by atoms with van der Waals surface area (Å²) in [7, 11) is 1.46. The number of rotatable bonds is 9. The summed E-state index contributed by atoms with van der Waals surface area (Å²) in [5.74, 6) is -0.114. The lowest BCUT2D eigenvalue weighted by molar-refractivity contribution is -0.384. The maximum Gasteiger partial charge on any atom is 0.293 e. The van der Waals surface area contributed by atoms with E-state index in [0.717, 1.165) is 22.2 Å². The van der Waals surface area contributed by atoms with Gasteiger partial charge in [0.25, 0.3) is 22.7 Å². The third kappa shape index (κ3) is 6.95. The number of ether oxygens (including phenoxy) is 2.